The number of nitrogens with one attached hydrogen (secondary N) is 3. The van der Waals surface area contributed by atoms with E-state index in [0.29, 0.717) is 6.42 Å². The molecule has 4 atom stereocenters. The van der Waals surface area contributed by atoms with E-state index in [1.807, 2.05) is 4.72 Å². The van der Waals surface area contributed by atoms with Gasteiger partial charge in [-0.25, -0.2) is 13.1 Å². The van der Waals surface area contributed by atoms with Crippen molar-refractivity contribution in [3.8, 4) is 0 Å². The SMILES string of the molecule is CC(C)C(NC(=O)[C@@]1(C(=O)[C@@H](N)C(C)(C)C(=O)c2ccc(S(=O)(=O)NC(=O)c3ccccc3)cc2)CCCN1)C(O)C(F)(F)F. The first-order valence-corrected chi connectivity index (χ1v) is 15.6. The molecule has 0 bridgehead atoms. The molecule has 11 nitrogen and oxygen atoms in total. The van der Waals surface area contributed by atoms with Gasteiger partial charge in [0.05, 0.1) is 22.4 Å². The molecule has 1 fully saturated rings. The van der Waals surface area contributed by atoms with E-state index in [9.17, 15) is 45.9 Å². The van der Waals surface area contributed by atoms with E-state index in [-0.39, 0.29) is 29.0 Å². The Balaban J connectivity index is 1.82. The van der Waals surface area contributed by atoms with Crippen molar-refractivity contribution >= 4 is 33.4 Å². The third kappa shape index (κ3) is 7.60. The molecule has 246 valence electrons. The number of nitrogens with two attached hydrogens (primary N) is 1. The van der Waals surface area contributed by atoms with Crippen LogP contribution >= 0.6 is 0 Å². The smallest absolute Gasteiger partial charge is 0.382 e. The van der Waals surface area contributed by atoms with Crippen molar-refractivity contribution in [3.63, 3.8) is 0 Å². The predicted octanol–water partition coefficient (Wildman–Crippen LogP) is 2.10. The molecule has 45 heavy (non-hydrogen) atoms. The summed E-state index contributed by atoms with van der Waals surface area (Å²) >= 11 is 0. The number of aliphatic hydroxyl groups is 1. The van der Waals surface area contributed by atoms with Gasteiger partial charge < -0.3 is 16.2 Å². The Morgan fingerprint density at radius 3 is 2.04 bits per heavy atom. The first kappa shape index (κ1) is 35.8. The van der Waals surface area contributed by atoms with E-state index in [1.54, 1.807) is 18.2 Å². The van der Waals surface area contributed by atoms with E-state index < -0.39 is 74.6 Å². The summed E-state index contributed by atoms with van der Waals surface area (Å²) in [5.41, 5.74) is 2.68. The lowest BCUT2D eigenvalue weighted by atomic mass is 9.71. The van der Waals surface area contributed by atoms with Crippen molar-refractivity contribution in [2.45, 2.75) is 75.3 Å². The van der Waals surface area contributed by atoms with Crippen LogP contribution in [0.4, 0.5) is 13.2 Å². The number of carbonyl (C=O) groups is 4. The molecule has 0 aromatic heterocycles. The highest BCUT2D eigenvalue weighted by molar-refractivity contribution is 7.90. The Labute approximate surface area is 259 Å². The Morgan fingerprint density at radius 1 is 0.978 bits per heavy atom. The number of rotatable bonds is 12. The molecule has 2 amide bonds. The standard InChI is InChI=1S/C30H37F3N4O7S/c1-17(2)21(24(39)30(31,32)33)36-27(42)29(15-8-16-35-29)25(40)22(34)28(3,4)23(38)18-11-13-20(14-12-18)45(43,44)37-26(41)19-9-6-5-7-10-19/h5-7,9-14,17,21-22,24,35,39H,8,15-16,34H2,1-4H3,(H,36,42)(H,37,41)/t21?,22-,24?,29+/m1/s1. The zero-order valence-electron chi connectivity index (χ0n) is 25.1. The van der Waals surface area contributed by atoms with Gasteiger partial charge >= 0.3 is 6.18 Å². The molecule has 0 spiro atoms. The Morgan fingerprint density at radius 2 is 1.56 bits per heavy atom. The molecular weight excluding hydrogens is 617 g/mol. The lowest BCUT2D eigenvalue weighted by Gasteiger charge is -2.37. The van der Waals surface area contributed by atoms with Crippen molar-refractivity contribution in [2.24, 2.45) is 17.1 Å². The first-order valence-electron chi connectivity index (χ1n) is 14.1. The lowest BCUT2D eigenvalue weighted by molar-refractivity contribution is -0.215. The Bertz CT molecular complexity index is 1520. The molecule has 6 N–H and O–H groups in total. The second-order valence-corrected chi connectivity index (χ2v) is 13.6. The van der Waals surface area contributed by atoms with Gasteiger partial charge in [-0.15, -0.1) is 0 Å². The van der Waals surface area contributed by atoms with Gasteiger partial charge in [-0.1, -0.05) is 58.0 Å². The van der Waals surface area contributed by atoms with Crippen LogP contribution in [0.15, 0.2) is 59.5 Å². The van der Waals surface area contributed by atoms with Crippen LogP contribution in [0.2, 0.25) is 0 Å². The maximum absolute atomic E-state index is 13.8. The van der Waals surface area contributed by atoms with Crippen LogP contribution in [-0.4, -0.2) is 73.4 Å². The average molecular weight is 655 g/mol. The molecule has 0 radical (unpaired) electrons. The predicted molar refractivity (Wildman–Crippen MR) is 157 cm³/mol. The molecule has 2 aromatic rings. The summed E-state index contributed by atoms with van der Waals surface area (Å²) in [6.07, 6.45) is -7.72. The minimum absolute atomic E-state index is 0.0253. The fourth-order valence-electron chi connectivity index (χ4n) is 5.07. The van der Waals surface area contributed by atoms with E-state index in [4.69, 9.17) is 5.73 Å². The van der Waals surface area contributed by atoms with E-state index >= 15 is 0 Å². The number of hydrogen-bond donors (Lipinski definition) is 5. The van der Waals surface area contributed by atoms with E-state index in [2.05, 4.69) is 10.6 Å². The zero-order valence-corrected chi connectivity index (χ0v) is 26.0. The molecule has 0 saturated carbocycles. The third-order valence-electron chi connectivity index (χ3n) is 7.99. The van der Waals surface area contributed by atoms with Crippen molar-refractivity contribution in [1.82, 2.24) is 15.4 Å². The maximum atomic E-state index is 13.8. The fraction of sp³-hybridized carbons (Fsp3) is 0.467. The van der Waals surface area contributed by atoms with Crippen LogP contribution in [0.3, 0.4) is 0 Å². The van der Waals surface area contributed by atoms with Crippen LogP contribution in [0.5, 0.6) is 0 Å². The number of hydrogen-bond acceptors (Lipinski definition) is 9. The summed E-state index contributed by atoms with van der Waals surface area (Å²) in [5.74, 6) is -4.42. The van der Waals surface area contributed by atoms with Crippen molar-refractivity contribution in [2.75, 3.05) is 6.54 Å². The van der Waals surface area contributed by atoms with Gasteiger partial charge in [0, 0.05) is 11.1 Å². The number of ketones is 2. The molecule has 1 aliphatic heterocycles. The number of Topliss-reactive ketones (excluding diaryl/α,β-unsaturated/α-hetero) is 2. The first-order chi connectivity index (χ1) is 20.8. The van der Waals surface area contributed by atoms with Crippen LogP contribution in [0.1, 0.15) is 61.3 Å². The van der Waals surface area contributed by atoms with Crippen molar-refractivity contribution in [1.29, 1.82) is 0 Å². The molecule has 0 aliphatic carbocycles. The summed E-state index contributed by atoms with van der Waals surface area (Å²) in [4.78, 5) is 52.8. The second-order valence-electron chi connectivity index (χ2n) is 11.9. The van der Waals surface area contributed by atoms with Gasteiger partial charge in [0.2, 0.25) is 5.91 Å². The average Bonchev–Trinajstić information content (AvgIpc) is 3.49. The summed E-state index contributed by atoms with van der Waals surface area (Å²) in [7, 11) is -4.31. The number of aliphatic hydroxyl groups excluding tert-OH is 1. The minimum Gasteiger partial charge on any atom is -0.382 e. The van der Waals surface area contributed by atoms with Crippen molar-refractivity contribution < 1.29 is 45.9 Å². The molecular formula is C30H37F3N4O7S. The summed E-state index contributed by atoms with van der Waals surface area (Å²) < 4.78 is 67.3. The Hall–Kier alpha value is -3.66. The number of carbonyl (C=O) groups excluding carboxylic acids is 4. The number of benzene rings is 2. The van der Waals surface area contributed by atoms with Crippen LogP contribution in [-0.2, 0) is 19.6 Å². The van der Waals surface area contributed by atoms with Gasteiger partial charge in [-0.05, 0) is 49.6 Å². The van der Waals surface area contributed by atoms with Gasteiger partial charge in [-0.3, -0.25) is 24.5 Å². The van der Waals surface area contributed by atoms with Crippen LogP contribution < -0.4 is 21.1 Å². The quantitative estimate of drug-likeness (QED) is 0.169. The zero-order chi connectivity index (χ0) is 34.0. The van der Waals surface area contributed by atoms with E-state index in [0.717, 1.165) is 12.1 Å². The van der Waals surface area contributed by atoms with Gasteiger partial charge in [0.25, 0.3) is 15.9 Å². The number of alkyl halides is 3. The van der Waals surface area contributed by atoms with Gasteiger partial charge in [-0.2, -0.15) is 13.2 Å². The molecule has 3 rings (SSSR count). The molecule has 2 aromatic carbocycles. The largest absolute Gasteiger partial charge is 0.416 e. The maximum Gasteiger partial charge on any atom is 0.416 e. The molecule has 1 aliphatic rings. The highest BCUT2D eigenvalue weighted by Crippen LogP contribution is 2.33. The van der Waals surface area contributed by atoms with Crippen LogP contribution in [0, 0.1) is 11.3 Å². The monoisotopic (exact) mass is 654 g/mol. The van der Waals surface area contributed by atoms with Gasteiger partial charge in [0.1, 0.15) is 0 Å². The highest BCUT2D eigenvalue weighted by atomic mass is 32.2. The molecule has 1 heterocycles. The number of amides is 2. The van der Waals surface area contributed by atoms with Gasteiger partial charge in [0.15, 0.2) is 23.2 Å². The number of halogens is 3. The summed E-state index contributed by atoms with van der Waals surface area (Å²) in [6.45, 7) is 5.63. The molecule has 1 saturated heterocycles. The van der Waals surface area contributed by atoms with E-state index in [1.165, 1.54) is 52.0 Å². The van der Waals surface area contributed by atoms with Crippen LogP contribution in [0.25, 0.3) is 0 Å². The van der Waals surface area contributed by atoms with Crippen molar-refractivity contribution in [3.05, 3.63) is 65.7 Å². The highest BCUT2D eigenvalue weighted by Gasteiger charge is 2.55. The third-order valence-corrected chi connectivity index (χ3v) is 9.34. The Kier molecular flexibility index (Phi) is 10.6. The molecule has 15 heteroatoms. The fourth-order valence-corrected chi connectivity index (χ4v) is 6.04. The normalized spacial score (nSPS) is 19.4. The topological polar surface area (TPSA) is 185 Å². The number of sulfonamides is 1. The lowest BCUT2D eigenvalue weighted by Crippen LogP contribution is -2.68. The minimum atomic E-state index is -5.03. The summed E-state index contributed by atoms with van der Waals surface area (Å²) in [6, 6.07) is 8.84. The second kappa shape index (κ2) is 13.4. The molecule has 2 unspecified atom stereocenters. The summed E-state index contributed by atoms with van der Waals surface area (Å²) in [5, 5.41) is 14.8.